The maximum Gasteiger partial charge on any atom is 0.216 e. The van der Waals surface area contributed by atoms with Crippen molar-refractivity contribution in [3.05, 3.63) is 88.6 Å². The molecule has 2 aromatic heterocycles. The summed E-state index contributed by atoms with van der Waals surface area (Å²) in [6.45, 7) is 11.2. The molecule has 0 unspecified atom stereocenters. The van der Waals surface area contributed by atoms with Gasteiger partial charge in [-0.3, -0.25) is 0 Å². The van der Waals surface area contributed by atoms with E-state index in [2.05, 4.69) is 107 Å². The predicted octanol–water partition coefficient (Wildman–Crippen LogP) is 7.31. The zero-order chi connectivity index (χ0) is 22.4. The number of aromatic nitrogens is 1. The van der Waals surface area contributed by atoms with Gasteiger partial charge in [0.15, 0.2) is 6.20 Å². The highest BCUT2D eigenvalue weighted by molar-refractivity contribution is 6.14. The van der Waals surface area contributed by atoms with Gasteiger partial charge in [-0.25, -0.2) is 4.57 Å². The molecule has 3 aromatic carbocycles. The van der Waals surface area contributed by atoms with E-state index in [0.717, 1.165) is 11.2 Å². The smallest absolute Gasteiger partial charge is 0.216 e. The summed E-state index contributed by atoms with van der Waals surface area (Å²) in [6, 6.07) is 20.1. The molecule has 6 rings (SSSR count). The number of pyridine rings is 1. The first-order chi connectivity index (χ1) is 15.3. The number of benzene rings is 3. The normalized spacial score (nSPS) is 14.2. The average Bonchev–Trinajstić information content (AvgIpc) is 3.24. The maximum atomic E-state index is 6.82. The minimum absolute atomic E-state index is 0.0294. The first-order valence-electron chi connectivity index (χ1n) is 11.4. The second-order valence-corrected chi connectivity index (χ2v) is 9.91. The van der Waals surface area contributed by atoms with Crippen LogP contribution in [0.25, 0.3) is 44.3 Å². The molecule has 2 heterocycles. The fourth-order valence-electron chi connectivity index (χ4n) is 5.63. The SMILES string of the molecule is Cc1cc(-c2c(C)ccc3c2oc2c4c(ccc23)C(C)(C)c2ccccc2-4)[n+](C)cc1C. The summed E-state index contributed by atoms with van der Waals surface area (Å²) in [6.07, 6.45) is 2.21. The third kappa shape index (κ3) is 2.38. The Kier molecular flexibility index (Phi) is 3.81. The molecule has 2 heteroatoms. The summed E-state index contributed by atoms with van der Waals surface area (Å²) in [5.41, 5.74) is 13.4. The molecule has 0 aliphatic heterocycles. The molecular formula is C30H28NO+. The second-order valence-electron chi connectivity index (χ2n) is 9.91. The number of nitrogens with zero attached hydrogens (tertiary/aromatic N) is 1. The van der Waals surface area contributed by atoms with Crippen LogP contribution in [0.1, 0.15) is 41.7 Å². The molecule has 2 nitrogen and oxygen atoms in total. The van der Waals surface area contributed by atoms with Crippen LogP contribution in [0.2, 0.25) is 0 Å². The average molecular weight is 419 g/mol. The van der Waals surface area contributed by atoms with Crippen molar-refractivity contribution in [1.82, 2.24) is 0 Å². The van der Waals surface area contributed by atoms with Gasteiger partial charge in [-0.15, -0.1) is 0 Å². The molecule has 0 radical (unpaired) electrons. The molecule has 0 saturated heterocycles. The number of hydrogen-bond donors (Lipinski definition) is 0. The molecular weight excluding hydrogens is 390 g/mol. The highest BCUT2D eigenvalue weighted by Crippen LogP contribution is 2.52. The fraction of sp³-hybridized carbons (Fsp3) is 0.233. The molecule has 0 spiro atoms. The van der Waals surface area contributed by atoms with E-state index in [4.69, 9.17) is 4.42 Å². The van der Waals surface area contributed by atoms with E-state index in [1.54, 1.807) is 0 Å². The van der Waals surface area contributed by atoms with Gasteiger partial charge in [0.05, 0.1) is 5.56 Å². The molecule has 1 aliphatic rings. The summed E-state index contributed by atoms with van der Waals surface area (Å²) < 4.78 is 9.05. The third-order valence-electron chi connectivity index (χ3n) is 7.56. The minimum atomic E-state index is -0.0294. The zero-order valence-corrected chi connectivity index (χ0v) is 19.6. The van der Waals surface area contributed by atoms with Crippen molar-refractivity contribution < 1.29 is 8.98 Å². The van der Waals surface area contributed by atoms with Crippen molar-refractivity contribution in [1.29, 1.82) is 0 Å². The van der Waals surface area contributed by atoms with Crippen LogP contribution in [-0.2, 0) is 12.5 Å². The third-order valence-corrected chi connectivity index (χ3v) is 7.56. The molecule has 0 atom stereocenters. The summed E-state index contributed by atoms with van der Waals surface area (Å²) in [4.78, 5) is 0. The lowest BCUT2D eigenvalue weighted by molar-refractivity contribution is -0.660. The summed E-state index contributed by atoms with van der Waals surface area (Å²) in [7, 11) is 2.12. The monoisotopic (exact) mass is 418 g/mol. The van der Waals surface area contributed by atoms with Gasteiger partial charge in [-0.05, 0) is 48.6 Å². The second kappa shape index (κ2) is 6.32. The first kappa shape index (κ1) is 19.3. The standard InChI is InChI=1S/C30H28NO/c1-17-11-12-20-21-13-14-24-27(22-9-7-8-10-23(22)30(24,4)5)29(21)32-28(20)26(17)25-15-18(2)19(3)16-31(25)6/h7-16H,1-6H3/q+1. The molecule has 0 saturated carbocycles. The van der Waals surface area contributed by atoms with Gasteiger partial charge in [0.25, 0.3) is 0 Å². The van der Waals surface area contributed by atoms with Crippen LogP contribution in [0.15, 0.2) is 65.2 Å². The van der Waals surface area contributed by atoms with Crippen LogP contribution in [0.4, 0.5) is 0 Å². The van der Waals surface area contributed by atoms with Gasteiger partial charge < -0.3 is 4.42 Å². The summed E-state index contributed by atoms with van der Waals surface area (Å²) in [5, 5.41) is 2.38. The fourth-order valence-corrected chi connectivity index (χ4v) is 5.63. The first-order valence-corrected chi connectivity index (χ1v) is 11.4. The predicted molar refractivity (Wildman–Crippen MR) is 132 cm³/mol. The van der Waals surface area contributed by atoms with Gasteiger partial charge in [-0.2, -0.15) is 0 Å². The molecule has 0 amide bonds. The van der Waals surface area contributed by atoms with Crippen molar-refractivity contribution >= 4 is 21.9 Å². The molecule has 0 N–H and O–H groups in total. The Morgan fingerprint density at radius 3 is 2.19 bits per heavy atom. The lowest BCUT2D eigenvalue weighted by Gasteiger charge is -2.21. The van der Waals surface area contributed by atoms with Crippen molar-refractivity contribution in [3.63, 3.8) is 0 Å². The zero-order valence-electron chi connectivity index (χ0n) is 19.6. The lowest BCUT2D eigenvalue weighted by atomic mass is 9.82. The van der Waals surface area contributed by atoms with Crippen molar-refractivity contribution in [2.45, 2.75) is 40.0 Å². The Labute approximate surface area is 189 Å². The van der Waals surface area contributed by atoms with Crippen LogP contribution in [-0.4, -0.2) is 0 Å². The van der Waals surface area contributed by atoms with Crippen LogP contribution in [0.3, 0.4) is 0 Å². The highest BCUT2D eigenvalue weighted by Gasteiger charge is 2.37. The summed E-state index contributed by atoms with van der Waals surface area (Å²) >= 11 is 0. The Morgan fingerprint density at radius 1 is 0.719 bits per heavy atom. The number of fused-ring (bicyclic) bond motifs is 7. The Hall–Kier alpha value is -3.39. The van der Waals surface area contributed by atoms with E-state index in [9.17, 15) is 0 Å². The van der Waals surface area contributed by atoms with Crippen LogP contribution in [0, 0.1) is 20.8 Å². The van der Waals surface area contributed by atoms with Gasteiger partial charge in [0.2, 0.25) is 5.69 Å². The maximum absolute atomic E-state index is 6.82. The van der Waals surface area contributed by atoms with Gasteiger partial charge in [0.1, 0.15) is 18.2 Å². The minimum Gasteiger partial charge on any atom is -0.454 e. The number of hydrogen-bond acceptors (Lipinski definition) is 1. The molecule has 32 heavy (non-hydrogen) atoms. The van der Waals surface area contributed by atoms with Gasteiger partial charge in [0, 0.05) is 33.4 Å². The van der Waals surface area contributed by atoms with E-state index < -0.39 is 0 Å². The topological polar surface area (TPSA) is 17.0 Å². The molecule has 0 bridgehead atoms. The number of aryl methyl sites for hydroxylation is 4. The molecule has 1 aliphatic carbocycles. The number of furan rings is 1. The van der Waals surface area contributed by atoms with E-state index in [0.29, 0.717) is 0 Å². The largest absolute Gasteiger partial charge is 0.454 e. The van der Waals surface area contributed by atoms with E-state index in [1.165, 1.54) is 61.0 Å². The van der Waals surface area contributed by atoms with Gasteiger partial charge >= 0.3 is 0 Å². The quantitative estimate of drug-likeness (QED) is 0.261. The van der Waals surface area contributed by atoms with Crippen molar-refractivity contribution in [2.24, 2.45) is 7.05 Å². The Morgan fingerprint density at radius 2 is 1.41 bits per heavy atom. The van der Waals surface area contributed by atoms with E-state index in [1.807, 2.05) is 0 Å². The highest BCUT2D eigenvalue weighted by atomic mass is 16.3. The lowest BCUT2D eigenvalue weighted by Crippen LogP contribution is -2.31. The Balaban J connectivity index is 1.75. The van der Waals surface area contributed by atoms with E-state index >= 15 is 0 Å². The summed E-state index contributed by atoms with van der Waals surface area (Å²) in [5.74, 6) is 0. The molecule has 158 valence electrons. The van der Waals surface area contributed by atoms with Crippen LogP contribution in [0.5, 0.6) is 0 Å². The van der Waals surface area contributed by atoms with Crippen LogP contribution >= 0.6 is 0 Å². The Bertz CT molecular complexity index is 1580. The van der Waals surface area contributed by atoms with Crippen molar-refractivity contribution in [3.8, 4) is 22.4 Å². The van der Waals surface area contributed by atoms with Gasteiger partial charge in [-0.1, -0.05) is 62.4 Å². The van der Waals surface area contributed by atoms with E-state index in [-0.39, 0.29) is 5.41 Å². The van der Waals surface area contributed by atoms with Crippen LogP contribution < -0.4 is 4.57 Å². The molecule has 0 fully saturated rings. The number of rotatable bonds is 1. The molecule has 5 aromatic rings. The van der Waals surface area contributed by atoms with Crippen molar-refractivity contribution in [2.75, 3.05) is 0 Å².